The lowest BCUT2D eigenvalue weighted by atomic mass is 10.3. The predicted molar refractivity (Wildman–Crippen MR) is 104 cm³/mol. The lowest BCUT2D eigenvalue weighted by Gasteiger charge is -2.34. The van der Waals surface area contributed by atoms with Gasteiger partial charge in [0.1, 0.15) is 5.75 Å². The molecule has 138 valence electrons. The first-order valence-corrected chi connectivity index (χ1v) is 8.70. The summed E-state index contributed by atoms with van der Waals surface area (Å²) in [5, 5.41) is 3.09. The second-order valence-corrected chi connectivity index (χ2v) is 6.00. The number of benzene rings is 1. The number of nitrogens with zero attached hydrogens (tertiary/aromatic N) is 5. The second-order valence-electron chi connectivity index (χ2n) is 6.00. The molecular formula is C18H25N7O. The standard InChI is InChI=1S/C18H25N7O/c1-26-16-5-3-15(4-6-16)23-17(19)20-9-10-24-11-13-25(14-12-24)18-21-7-2-8-22-18/h2-8H,9-14H2,1H3,(H3,19,20,23). The topological polar surface area (TPSA) is 91.9 Å². The third-order valence-corrected chi connectivity index (χ3v) is 4.27. The van der Waals surface area contributed by atoms with E-state index in [4.69, 9.17) is 10.5 Å². The van der Waals surface area contributed by atoms with Crippen molar-refractivity contribution >= 4 is 17.6 Å². The number of ether oxygens (including phenoxy) is 1. The van der Waals surface area contributed by atoms with Gasteiger partial charge in [-0.25, -0.2) is 9.97 Å². The number of aromatic nitrogens is 2. The molecule has 8 heteroatoms. The van der Waals surface area contributed by atoms with Crippen LogP contribution in [-0.2, 0) is 0 Å². The van der Waals surface area contributed by atoms with Crippen molar-refractivity contribution in [2.45, 2.75) is 0 Å². The van der Waals surface area contributed by atoms with Crippen LogP contribution in [0.1, 0.15) is 0 Å². The van der Waals surface area contributed by atoms with Crippen molar-refractivity contribution in [1.82, 2.24) is 14.9 Å². The van der Waals surface area contributed by atoms with Gasteiger partial charge in [0.05, 0.1) is 13.7 Å². The van der Waals surface area contributed by atoms with E-state index in [9.17, 15) is 0 Å². The van der Waals surface area contributed by atoms with Gasteiger partial charge in [-0.05, 0) is 30.3 Å². The maximum atomic E-state index is 5.95. The molecule has 1 aromatic carbocycles. The SMILES string of the molecule is COc1ccc(NC(N)=NCCN2CCN(c3ncccn3)CC2)cc1. The number of hydrogen-bond acceptors (Lipinski definition) is 6. The normalized spacial score (nSPS) is 15.7. The lowest BCUT2D eigenvalue weighted by molar-refractivity contribution is 0.264. The smallest absolute Gasteiger partial charge is 0.225 e. The van der Waals surface area contributed by atoms with Crippen LogP contribution in [0.3, 0.4) is 0 Å². The number of aliphatic imine (C=N–C) groups is 1. The summed E-state index contributed by atoms with van der Waals surface area (Å²) in [5.41, 5.74) is 6.85. The Kier molecular flexibility index (Phi) is 6.21. The number of nitrogens with one attached hydrogen (secondary N) is 1. The van der Waals surface area contributed by atoms with E-state index in [-0.39, 0.29) is 0 Å². The van der Waals surface area contributed by atoms with E-state index in [1.54, 1.807) is 19.5 Å². The zero-order valence-corrected chi connectivity index (χ0v) is 15.0. The number of anilines is 2. The van der Waals surface area contributed by atoms with Crippen LogP contribution in [0.25, 0.3) is 0 Å². The van der Waals surface area contributed by atoms with Crippen LogP contribution >= 0.6 is 0 Å². The summed E-state index contributed by atoms with van der Waals surface area (Å²) in [6, 6.07) is 9.41. The molecule has 1 aliphatic rings. The predicted octanol–water partition coefficient (Wildman–Crippen LogP) is 1.03. The molecule has 8 nitrogen and oxygen atoms in total. The minimum Gasteiger partial charge on any atom is -0.497 e. The van der Waals surface area contributed by atoms with Gasteiger partial charge in [0.2, 0.25) is 5.95 Å². The molecule has 1 aromatic heterocycles. The molecule has 2 heterocycles. The number of methoxy groups -OCH3 is 1. The molecule has 0 saturated carbocycles. The third kappa shape index (κ3) is 5.06. The van der Waals surface area contributed by atoms with E-state index in [0.29, 0.717) is 12.5 Å². The molecule has 0 aliphatic carbocycles. The summed E-state index contributed by atoms with van der Waals surface area (Å²) in [6.07, 6.45) is 3.56. The van der Waals surface area contributed by atoms with E-state index in [2.05, 4.69) is 30.1 Å². The van der Waals surface area contributed by atoms with Crippen molar-refractivity contribution in [2.24, 2.45) is 10.7 Å². The quantitative estimate of drug-likeness (QED) is 0.591. The first-order valence-electron chi connectivity index (χ1n) is 8.70. The Morgan fingerprint density at radius 3 is 2.50 bits per heavy atom. The molecule has 2 aromatic rings. The first-order chi connectivity index (χ1) is 12.7. The number of hydrogen-bond donors (Lipinski definition) is 2. The van der Waals surface area contributed by atoms with Gasteiger partial charge in [0.15, 0.2) is 5.96 Å². The molecule has 0 unspecified atom stereocenters. The zero-order valence-electron chi connectivity index (χ0n) is 15.0. The largest absolute Gasteiger partial charge is 0.497 e. The van der Waals surface area contributed by atoms with Crippen LogP contribution in [0.2, 0.25) is 0 Å². The van der Waals surface area contributed by atoms with Crippen molar-refractivity contribution < 1.29 is 4.74 Å². The Morgan fingerprint density at radius 1 is 1.15 bits per heavy atom. The van der Waals surface area contributed by atoms with Crippen LogP contribution in [0, 0.1) is 0 Å². The molecule has 26 heavy (non-hydrogen) atoms. The van der Waals surface area contributed by atoms with Crippen LogP contribution in [0.4, 0.5) is 11.6 Å². The summed E-state index contributed by atoms with van der Waals surface area (Å²) in [4.78, 5) is 17.6. The molecule has 0 spiro atoms. The van der Waals surface area contributed by atoms with E-state index in [1.807, 2.05) is 30.3 Å². The minimum atomic E-state index is 0.423. The van der Waals surface area contributed by atoms with E-state index < -0.39 is 0 Å². The zero-order chi connectivity index (χ0) is 18.2. The highest BCUT2D eigenvalue weighted by Gasteiger charge is 2.18. The fraction of sp³-hybridized carbons (Fsp3) is 0.389. The average molecular weight is 355 g/mol. The lowest BCUT2D eigenvalue weighted by Crippen LogP contribution is -2.47. The summed E-state index contributed by atoms with van der Waals surface area (Å²) < 4.78 is 5.14. The van der Waals surface area contributed by atoms with Crippen LogP contribution in [0.15, 0.2) is 47.7 Å². The van der Waals surface area contributed by atoms with Crippen molar-refractivity contribution in [3.05, 3.63) is 42.7 Å². The summed E-state index contributed by atoms with van der Waals surface area (Å²) >= 11 is 0. The number of piperazine rings is 1. The van der Waals surface area contributed by atoms with E-state index in [0.717, 1.165) is 50.1 Å². The Bertz CT molecular complexity index is 697. The van der Waals surface area contributed by atoms with Crippen molar-refractivity contribution in [3.63, 3.8) is 0 Å². The Hall–Kier alpha value is -2.87. The maximum absolute atomic E-state index is 5.95. The first kappa shape index (κ1) is 17.9. The van der Waals surface area contributed by atoms with Gasteiger partial charge in [-0.1, -0.05) is 0 Å². The number of guanidine groups is 1. The molecular weight excluding hydrogens is 330 g/mol. The summed E-state index contributed by atoms with van der Waals surface area (Å²) in [7, 11) is 1.64. The molecule has 0 amide bonds. The molecule has 3 N–H and O–H groups in total. The Balaban J connectivity index is 1.39. The van der Waals surface area contributed by atoms with Gasteiger partial charge in [-0.15, -0.1) is 0 Å². The van der Waals surface area contributed by atoms with Gasteiger partial charge in [-0.2, -0.15) is 0 Å². The highest BCUT2D eigenvalue weighted by Crippen LogP contribution is 2.14. The monoisotopic (exact) mass is 355 g/mol. The van der Waals surface area contributed by atoms with E-state index in [1.165, 1.54) is 0 Å². The molecule has 3 rings (SSSR count). The second kappa shape index (κ2) is 9.00. The van der Waals surface area contributed by atoms with E-state index >= 15 is 0 Å². The van der Waals surface area contributed by atoms with Crippen LogP contribution < -0.4 is 20.7 Å². The van der Waals surface area contributed by atoms with Gasteiger partial charge < -0.3 is 20.7 Å². The number of nitrogens with two attached hydrogens (primary N) is 1. The summed E-state index contributed by atoms with van der Waals surface area (Å²) in [5.74, 6) is 2.04. The van der Waals surface area contributed by atoms with Gasteiger partial charge >= 0.3 is 0 Å². The minimum absolute atomic E-state index is 0.423. The van der Waals surface area contributed by atoms with Crippen molar-refractivity contribution in [2.75, 3.05) is 56.6 Å². The maximum Gasteiger partial charge on any atom is 0.225 e. The van der Waals surface area contributed by atoms with Crippen LogP contribution in [0.5, 0.6) is 5.75 Å². The fourth-order valence-corrected chi connectivity index (χ4v) is 2.80. The highest BCUT2D eigenvalue weighted by molar-refractivity contribution is 5.92. The van der Waals surface area contributed by atoms with Crippen molar-refractivity contribution in [1.29, 1.82) is 0 Å². The van der Waals surface area contributed by atoms with Gasteiger partial charge in [0, 0.05) is 50.8 Å². The fourth-order valence-electron chi connectivity index (χ4n) is 2.80. The van der Waals surface area contributed by atoms with Crippen molar-refractivity contribution in [3.8, 4) is 5.75 Å². The number of rotatable bonds is 6. The van der Waals surface area contributed by atoms with Crippen LogP contribution in [-0.4, -0.2) is 67.2 Å². The molecule has 1 aliphatic heterocycles. The molecule has 1 saturated heterocycles. The highest BCUT2D eigenvalue weighted by atomic mass is 16.5. The Morgan fingerprint density at radius 2 is 1.85 bits per heavy atom. The molecule has 0 atom stereocenters. The Labute approximate surface area is 153 Å². The molecule has 0 radical (unpaired) electrons. The van der Waals surface area contributed by atoms with Gasteiger partial charge in [0.25, 0.3) is 0 Å². The molecule has 0 bridgehead atoms. The van der Waals surface area contributed by atoms with Gasteiger partial charge in [-0.3, -0.25) is 9.89 Å². The summed E-state index contributed by atoms with van der Waals surface area (Å²) in [6.45, 7) is 5.34. The third-order valence-electron chi connectivity index (χ3n) is 4.27. The molecule has 1 fully saturated rings. The average Bonchev–Trinajstić information content (AvgIpc) is 2.70.